The molecule has 0 radical (unpaired) electrons. The Kier molecular flexibility index (Phi) is 4.93. The summed E-state index contributed by atoms with van der Waals surface area (Å²) in [7, 11) is 2.03. The highest BCUT2D eigenvalue weighted by molar-refractivity contribution is 7.16. The van der Waals surface area contributed by atoms with Crippen molar-refractivity contribution in [3.63, 3.8) is 0 Å². The zero-order chi connectivity index (χ0) is 13.8. The van der Waals surface area contributed by atoms with E-state index in [0.29, 0.717) is 5.56 Å². The predicted octanol–water partition coefficient (Wildman–Crippen LogP) is 3.63. The molecule has 2 aromatic rings. The monoisotopic (exact) mass is 298 g/mol. The molecular formula is C14H16ClFN2S. The van der Waals surface area contributed by atoms with Crippen LogP contribution in [0.15, 0.2) is 30.3 Å². The second-order valence-corrected chi connectivity index (χ2v) is 6.31. The summed E-state index contributed by atoms with van der Waals surface area (Å²) in [6, 6.07) is 9.03. The molecule has 0 bridgehead atoms. The number of hydrogen-bond acceptors (Lipinski definition) is 3. The standard InChI is InChI=1S/C14H16ClFN2S/c1-18(9-12-3-5-14(15)19-12)8-10-2-4-13(16)11(6-10)7-17/h2-6H,7-9,17H2,1H3. The van der Waals surface area contributed by atoms with Gasteiger partial charge in [0.15, 0.2) is 0 Å². The molecule has 2 rings (SSSR count). The summed E-state index contributed by atoms with van der Waals surface area (Å²) in [6.07, 6.45) is 0. The number of hydrogen-bond donors (Lipinski definition) is 1. The lowest BCUT2D eigenvalue weighted by Crippen LogP contribution is -2.17. The van der Waals surface area contributed by atoms with Gasteiger partial charge >= 0.3 is 0 Å². The molecule has 1 heterocycles. The number of halogens is 2. The molecule has 0 saturated carbocycles. The smallest absolute Gasteiger partial charge is 0.127 e. The van der Waals surface area contributed by atoms with Crippen LogP contribution in [-0.2, 0) is 19.6 Å². The molecule has 102 valence electrons. The fourth-order valence-electron chi connectivity index (χ4n) is 1.95. The molecule has 0 aliphatic rings. The summed E-state index contributed by atoms with van der Waals surface area (Å²) in [6.45, 7) is 1.81. The third-order valence-corrected chi connectivity index (χ3v) is 4.05. The van der Waals surface area contributed by atoms with Gasteiger partial charge in [-0.3, -0.25) is 4.90 Å². The van der Waals surface area contributed by atoms with Crippen LogP contribution in [0.5, 0.6) is 0 Å². The molecule has 2 nitrogen and oxygen atoms in total. The average molecular weight is 299 g/mol. The largest absolute Gasteiger partial charge is 0.326 e. The van der Waals surface area contributed by atoms with Gasteiger partial charge in [-0.15, -0.1) is 11.3 Å². The molecule has 0 unspecified atom stereocenters. The van der Waals surface area contributed by atoms with Gasteiger partial charge in [-0.25, -0.2) is 4.39 Å². The highest BCUT2D eigenvalue weighted by Crippen LogP contribution is 2.23. The van der Waals surface area contributed by atoms with Crippen molar-refractivity contribution in [3.8, 4) is 0 Å². The first kappa shape index (κ1) is 14.5. The third kappa shape index (κ3) is 4.01. The van der Waals surface area contributed by atoms with Gasteiger partial charge < -0.3 is 5.73 Å². The molecule has 0 spiro atoms. The van der Waals surface area contributed by atoms with Crippen molar-refractivity contribution in [2.45, 2.75) is 19.6 Å². The van der Waals surface area contributed by atoms with Crippen molar-refractivity contribution in [2.75, 3.05) is 7.05 Å². The van der Waals surface area contributed by atoms with E-state index in [0.717, 1.165) is 23.0 Å². The maximum absolute atomic E-state index is 13.4. The molecule has 0 atom stereocenters. The number of thiophene rings is 1. The second kappa shape index (κ2) is 6.48. The van der Waals surface area contributed by atoms with E-state index >= 15 is 0 Å². The van der Waals surface area contributed by atoms with Crippen LogP contribution in [-0.4, -0.2) is 11.9 Å². The lowest BCUT2D eigenvalue weighted by molar-refractivity contribution is 0.321. The van der Waals surface area contributed by atoms with Gasteiger partial charge in [0.2, 0.25) is 0 Å². The first-order valence-corrected chi connectivity index (χ1v) is 7.18. The SMILES string of the molecule is CN(Cc1ccc(F)c(CN)c1)Cc1ccc(Cl)s1. The van der Waals surface area contributed by atoms with E-state index in [1.54, 1.807) is 17.4 Å². The van der Waals surface area contributed by atoms with Crippen LogP contribution in [0.25, 0.3) is 0 Å². The highest BCUT2D eigenvalue weighted by atomic mass is 35.5. The Balaban J connectivity index is 2.00. The minimum atomic E-state index is -0.237. The third-order valence-electron chi connectivity index (χ3n) is 2.84. The van der Waals surface area contributed by atoms with E-state index in [1.165, 1.54) is 10.9 Å². The number of nitrogens with two attached hydrogens (primary N) is 1. The van der Waals surface area contributed by atoms with Crippen molar-refractivity contribution in [2.24, 2.45) is 5.73 Å². The Bertz CT molecular complexity index is 556. The predicted molar refractivity (Wildman–Crippen MR) is 78.8 cm³/mol. The molecule has 0 saturated heterocycles. The Hall–Kier alpha value is -0.940. The summed E-state index contributed by atoms with van der Waals surface area (Å²) < 4.78 is 14.2. The zero-order valence-corrected chi connectivity index (χ0v) is 12.3. The van der Waals surface area contributed by atoms with Gasteiger partial charge in [0.25, 0.3) is 0 Å². The van der Waals surface area contributed by atoms with Crippen molar-refractivity contribution in [3.05, 3.63) is 56.5 Å². The zero-order valence-electron chi connectivity index (χ0n) is 10.7. The number of rotatable bonds is 5. The van der Waals surface area contributed by atoms with Crippen LogP contribution in [0.4, 0.5) is 4.39 Å². The van der Waals surface area contributed by atoms with Crippen molar-refractivity contribution < 1.29 is 4.39 Å². The van der Waals surface area contributed by atoms with Crippen LogP contribution < -0.4 is 5.73 Å². The van der Waals surface area contributed by atoms with Gasteiger partial charge in [-0.1, -0.05) is 23.7 Å². The Labute approximate surface area is 121 Å². The van der Waals surface area contributed by atoms with Crippen LogP contribution in [0.1, 0.15) is 16.0 Å². The molecule has 0 amide bonds. The van der Waals surface area contributed by atoms with Crippen molar-refractivity contribution >= 4 is 22.9 Å². The Morgan fingerprint density at radius 1 is 1.26 bits per heavy atom. The number of benzene rings is 1. The fraction of sp³-hybridized carbons (Fsp3) is 0.286. The Morgan fingerprint density at radius 2 is 2.05 bits per heavy atom. The molecule has 0 aliphatic heterocycles. The molecule has 0 aliphatic carbocycles. The highest BCUT2D eigenvalue weighted by Gasteiger charge is 2.06. The van der Waals surface area contributed by atoms with E-state index in [9.17, 15) is 4.39 Å². The van der Waals surface area contributed by atoms with E-state index < -0.39 is 0 Å². The molecular weight excluding hydrogens is 283 g/mol. The maximum Gasteiger partial charge on any atom is 0.127 e. The summed E-state index contributed by atoms with van der Waals surface area (Å²) in [5.74, 6) is -0.237. The molecule has 5 heteroatoms. The summed E-state index contributed by atoms with van der Waals surface area (Å²) in [5, 5.41) is 0. The second-order valence-electron chi connectivity index (χ2n) is 4.51. The van der Waals surface area contributed by atoms with Crippen molar-refractivity contribution in [1.29, 1.82) is 0 Å². The van der Waals surface area contributed by atoms with Crippen LogP contribution in [0, 0.1) is 5.82 Å². The van der Waals surface area contributed by atoms with E-state index in [-0.39, 0.29) is 12.4 Å². The average Bonchev–Trinajstić information content (AvgIpc) is 2.77. The summed E-state index contributed by atoms with van der Waals surface area (Å²) in [5.41, 5.74) is 7.13. The molecule has 0 fully saturated rings. The normalized spacial score (nSPS) is 11.2. The molecule has 2 N–H and O–H groups in total. The first-order chi connectivity index (χ1) is 9.08. The summed E-state index contributed by atoms with van der Waals surface area (Å²) >= 11 is 7.49. The van der Waals surface area contributed by atoms with Crippen LogP contribution in [0.3, 0.4) is 0 Å². The van der Waals surface area contributed by atoms with Crippen LogP contribution >= 0.6 is 22.9 Å². The van der Waals surface area contributed by atoms with Gasteiger partial charge in [0, 0.05) is 30.1 Å². The van der Waals surface area contributed by atoms with E-state index in [1.807, 2.05) is 25.2 Å². The quantitative estimate of drug-likeness (QED) is 0.913. The van der Waals surface area contributed by atoms with Gasteiger partial charge in [0.1, 0.15) is 5.82 Å². The van der Waals surface area contributed by atoms with Crippen LogP contribution in [0.2, 0.25) is 4.34 Å². The molecule has 1 aromatic carbocycles. The molecule has 1 aromatic heterocycles. The fourth-order valence-corrected chi connectivity index (χ4v) is 3.12. The topological polar surface area (TPSA) is 29.3 Å². The van der Waals surface area contributed by atoms with Gasteiger partial charge in [0.05, 0.1) is 4.34 Å². The van der Waals surface area contributed by atoms with Gasteiger partial charge in [-0.2, -0.15) is 0 Å². The summed E-state index contributed by atoms with van der Waals surface area (Å²) in [4.78, 5) is 3.38. The number of nitrogens with zero attached hydrogens (tertiary/aromatic N) is 1. The lowest BCUT2D eigenvalue weighted by Gasteiger charge is -2.16. The van der Waals surface area contributed by atoms with Crippen molar-refractivity contribution in [1.82, 2.24) is 4.90 Å². The first-order valence-electron chi connectivity index (χ1n) is 5.98. The molecule has 19 heavy (non-hydrogen) atoms. The van der Waals surface area contributed by atoms with E-state index in [4.69, 9.17) is 17.3 Å². The van der Waals surface area contributed by atoms with Gasteiger partial charge in [-0.05, 0) is 30.8 Å². The lowest BCUT2D eigenvalue weighted by atomic mass is 10.1. The minimum Gasteiger partial charge on any atom is -0.326 e. The van der Waals surface area contributed by atoms with E-state index in [2.05, 4.69) is 4.90 Å². The minimum absolute atomic E-state index is 0.226. The maximum atomic E-state index is 13.4. The Morgan fingerprint density at radius 3 is 2.68 bits per heavy atom.